The number of carbonyl (C=O) groups excluding carboxylic acids is 1. The number of nitrogens with two attached hydrogens (primary N) is 1. The monoisotopic (exact) mass is 289 g/mol. The van der Waals surface area contributed by atoms with Crippen molar-refractivity contribution in [3.63, 3.8) is 0 Å². The van der Waals surface area contributed by atoms with Gasteiger partial charge >= 0.3 is 0 Å². The second-order valence-electron chi connectivity index (χ2n) is 4.84. The van der Waals surface area contributed by atoms with Crippen LogP contribution in [0.2, 0.25) is 0 Å². The van der Waals surface area contributed by atoms with E-state index in [1.165, 1.54) is 4.88 Å². The fourth-order valence-corrected chi connectivity index (χ4v) is 2.79. The molecule has 2 aromatic rings. The van der Waals surface area contributed by atoms with Crippen LogP contribution in [-0.4, -0.2) is 24.4 Å². The van der Waals surface area contributed by atoms with Crippen LogP contribution in [0.1, 0.15) is 10.4 Å². The number of nitrogens with zero attached hydrogens (tertiary/aromatic N) is 1. The van der Waals surface area contributed by atoms with Gasteiger partial charge in [-0.3, -0.25) is 9.69 Å². The number of hydrogen-bond donors (Lipinski definition) is 2. The molecule has 0 unspecified atom stereocenters. The zero-order valence-electron chi connectivity index (χ0n) is 11.7. The van der Waals surface area contributed by atoms with Crippen molar-refractivity contribution in [2.75, 3.05) is 24.6 Å². The maximum Gasteiger partial charge on any atom is 0.238 e. The zero-order chi connectivity index (χ0) is 14.5. The van der Waals surface area contributed by atoms with Crippen LogP contribution < -0.4 is 11.1 Å². The second-order valence-corrected chi connectivity index (χ2v) is 5.87. The molecule has 0 aliphatic carbocycles. The van der Waals surface area contributed by atoms with Crippen molar-refractivity contribution in [1.29, 1.82) is 0 Å². The SMILES string of the molecule is Cc1cccc(N)c1NC(=O)CN(C)Cc1cccs1. The van der Waals surface area contributed by atoms with Crippen molar-refractivity contribution in [2.45, 2.75) is 13.5 Å². The Morgan fingerprint density at radius 2 is 2.15 bits per heavy atom. The molecule has 1 aromatic carbocycles. The van der Waals surface area contributed by atoms with Crippen LogP contribution >= 0.6 is 11.3 Å². The lowest BCUT2D eigenvalue weighted by atomic mass is 10.1. The molecule has 4 nitrogen and oxygen atoms in total. The molecule has 1 aromatic heterocycles. The number of nitrogen functional groups attached to an aromatic ring is 1. The summed E-state index contributed by atoms with van der Waals surface area (Å²) in [4.78, 5) is 15.3. The second kappa shape index (κ2) is 6.54. The van der Waals surface area contributed by atoms with Crippen LogP contribution in [0.25, 0.3) is 0 Å². The minimum Gasteiger partial charge on any atom is -0.397 e. The van der Waals surface area contributed by atoms with Gasteiger partial charge in [0.05, 0.1) is 17.9 Å². The van der Waals surface area contributed by atoms with Crippen molar-refractivity contribution in [2.24, 2.45) is 0 Å². The summed E-state index contributed by atoms with van der Waals surface area (Å²) in [5.41, 5.74) is 8.16. The van der Waals surface area contributed by atoms with Gasteiger partial charge < -0.3 is 11.1 Å². The van der Waals surface area contributed by atoms with Gasteiger partial charge in [-0.05, 0) is 37.0 Å². The molecule has 0 saturated carbocycles. The number of para-hydroxylation sites is 1. The van der Waals surface area contributed by atoms with Crippen molar-refractivity contribution in [1.82, 2.24) is 4.90 Å². The number of thiophene rings is 1. The van der Waals surface area contributed by atoms with Gasteiger partial charge in [0.1, 0.15) is 0 Å². The van der Waals surface area contributed by atoms with E-state index in [1.807, 2.05) is 42.5 Å². The van der Waals surface area contributed by atoms with Crippen molar-refractivity contribution < 1.29 is 4.79 Å². The fraction of sp³-hybridized carbons (Fsp3) is 0.267. The van der Waals surface area contributed by atoms with Gasteiger partial charge in [0.25, 0.3) is 0 Å². The first kappa shape index (κ1) is 14.6. The summed E-state index contributed by atoms with van der Waals surface area (Å²) in [5.74, 6) is -0.0509. The number of anilines is 2. The molecule has 0 radical (unpaired) electrons. The average Bonchev–Trinajstić information content (AvgIpc) is 2.86. The van der Waals surface area contributed by atoms with E-state index >= 15 is 0 Å². The standard InChI is InChI=1S/C15H19N3OS/c1-11-5-3-7-13(16)15(11)17-14(19)10-18(2)9-12-6-4-8-20-12/h3-8H,9-10,16H2,1-2H3,(H,17,19). The molecule has 0 saturated heterocycles. The molecule has 2 rings (SSSR count). The smallest absolute Gasteiger partial charge is 0.238 e. The summed E-state index contributed by atoms with van der Waals surface area (Å²) >= 11 is 1.69. The first-order valence-corrected chi connectivity index (χ1v) is 7.30. The summed E-state index contributed by atoms with van der Waals surface area (Å²) in [6, 6.07) is 9.68. The third-order valence-electron chi connectivity index (χ3n) is 2.99. The maximum absolute atomic E-state index is 12.1. The summed E-state index contributed by atoms with van der Waals surface area (Å²) in [6.45, 7) is 3.04. The maximum atomic E-state index is 12.1. The predicted molar refractivity (Wildman–Crippen MR) is 84.9 cm³/mol. The van der Waals surface area contributed by atoms with E-state index < -0.39 is 0 Å². The third-order valence-corrected chi connectivity index (χ3v) is 3.85. The molecular formula is C15H19N3OS. The Bertz CT molecular complexity index is 561. The Hall–Kier alpha value is -1.85. The predicted octanol–water partition coefficient (Wildman–Crippen LogP) is 2.71. The highest BCUT2D eigenvalue weighted by molar-refractivity contribution is 7.09. The Morgan fingerprint density at radius 1 is 1.35 bits per heavy atom. The topological polar surface area (TPSA) is 58.4 Å². The Labute approximate surface area is 123 Å². The highest BCUT2D eigenvalue weighted by atomic mass is 32.1. The summed E-state index contributed by atoms with van der Waals surface area (Å²) < 4.78 is 0. The van der Waals surface area contributed by atoms with Crippen LogP contribution in [0.3, 0.4) is 0 Å². The molecule has 1 amide bonds. The van der Waals surface area contributed by atoms with Gasteiger partial charge in [-0.2, -0.15) is 0 Å². The molecular weight excluding hydrogens is 270 g/mol. The molecule has 1 heterocycles. The molecule has 0 bridgehead atoms. The molecule has 0 aliphatic heterocycles. The lowest BCUT2D eigenvalue weighted by Gasteiger charge is -2.16. The number of nitrogens with one attached hydrogen (secondary N) is 1. The number of benzene rings is 1. The highest BCUT2D eigenvalue weighted by Gasteiger charge is 2.10. The van der Waals surface area contributed by atoms with E-state index in [-0.39, 0.29) is 5.91 Å². The van der Waals surface area contributed by atoms with Crippen LogP contribution in [0.5, 0.6) is 0 Å². The highest BCUT2D eigenvalue weighted by Crippen LogP contribution is 2.22. The number of aryl methyl sites for hydroxylation is 1. The number of hydrogen-bond acceptors (Lipinski definition) is 4. The Kier molecular flexibility index (Phi) is 4.76. The third kappa shape index (κ3) is 3.82. The largest absolute Gasteiger partial charge is 0.397 e. The minimum absolute atomic E-state index is 0.0509. The lowest BCUT2D eigenvalue weighted by molar-refractivity contribution is -0.117. The molecule has 5 heteroatoms. The number of rotatable bonds is 5. The van der Waals surface area contributed by atoms with Crippen LogP contribution in [0.15, 0.2) is 35.7 Å². The number of likely N-dealkylation sites (N-methyl/N-ethyl adjacent to an activating group) is 1. The van der Waals surface area contributed by atoms with Crippen LogP contribution in [0.4, 0.5) is 11.4 Å². The molecule has 3 N–H and O–H groups in total. The van der Waals surface area contributed by atoms with Gasteiger partial charge in [0.2, 0.25) is 5.91 Å². The van der Waals surface area contributed by atoms with Crippen molar-refractivity contribution >= 4 is 28.6 Å². The van der Waals surface area contributed by atoms with Gasteiger partial charge in [0, 0.05) is 11.4 Å². The quantitative estimate of drug-likeness (QED) is 0.832. The van der Waals surface area contributed by atoms with Gasteiger partial charge in [-0.1, -0.05) is 18.2 Å². The van der Waals surface area contributed by atoms with Crippen LogP contribution in [0, 0.1) is 6.92 Å². The van der Waals surface area contributed by atoms with Crippen LogP contribution in [-0.2, 0) is 11.3 Å². The Morgan fingerprint density at radius 3 is 2.80 bits per heavy atom. The van der Waals surface area contributed by atoms with Crippen molar-refractivity contribution in [3.05, 3.63) is 46.2 Å². The summed E-state index contributed by atoms with van der Waals surface area (Å²) in [6.07, 6.45) is 0. The summed E-state index contributed by atoms with van der Waals surface area (Å²) in [7, 11) is 1.93. The molecule has 106 valence electrons. The van der Waals surface area contributed by atoms with Gasteiger partial charge in [-0.15, -0.1) is 11.3 Å². The normalized spacial score (nSPS) is 10.8. The molecule has 20 heavy (non-hydrogen) atoms. The van der Waals surface area contributed by atoms with Gasteiger partial charge in [-0.25, -0.2) is 0 Å². The molecule has 0 atom stereocenters. The van der Waals surface area contributed by atoms with E-state index in [1.54, 1.807) is 17.4 Å². The van der Waals surface area contributed by atoms with Crippen molar-refractivity contribution in [3.8, 4) is 0 Å². The van der Waals surface area contributed by atoms with E-state index in [9.17, 15) is 4.79 Å². The number of amides is 1. The minimum atomic E-state index is -0.0509. The first-order valence-electron chi connectivity index (χ1n) is 6.42. The lowest BCUT2D eigenvalue weighted by Crippen LogP contribution is -2.30. The van der Waals surface area contributed by atoms with Gasteiger partial charge in [0.15, 0.2) is 0 Å². The van der Waals surface area contributed by atoms with E-state index in [0.29, 0.717) is 17.9 Å². The summed E-state index contributed by atoms with van der Waals surface area (Å²) in [5, 5.41) is 4.93. The van der Waals surface area contributed by atoms with E-state index in [4.69, 9.17) is 5.73 Å². The zero-order valence-corrected chi connectivity index (χ0v) is 12.5. The average molecular weight is 289 g/mol. The molecule has 0 fully saturated rings. The fourth-order valence-electron chi connectivity index (χ4n) is 2.01. The Balaban J connectivity index is 1.92. The molecule has 0 aliphatic rings. The van der Waals surface area contributed by atoms with E-state index in [0.717, 1.165) is 12.1 Å². The first-order chi connectivity index (χ1) is 9.56. The molecule has 0 spiro atoms. The van der Waals surface area contributed by atoms with E-state index in [2.05, 4.69) is 11.4 Å². The number of carbonyl (C=O) groups is 1.